The van der Waals surface area contributed by atoms with Crippen molar-refractivity contribution < 1.29 is 9.18 Å². The zero-order chi connectivity index (χ0) is 18.8. The minimum atomic E-state index is -0.356. The predicted octanol–water partition coefficient (Wildman–Crippen LogP) is 3.86. The fourth-order valence-corrected chi connectivity index (χ4v) is 3.69. The van der Waals surface area contributed by atoms with Gasteiger partial charge in [0.25, 0.3) is 5.91 Å². The number of pyridine rings is 1. The molecule has 1 aliphatic rings. The third kappa shape index (κ3) is 3.55. The number of benzene rings is 2. The van der Waals surface area contributed by atoms with Crippen LogP contribution in [0.5, 0.6) is 0 Å². The Kier molecular flexibility index (Phi) is 4.86. The highest BCUT2D eigenvalue weighted by Crippen LogP contribution is 2.27. The average Bonchev–Trinajstić information content (AvgIpc) is 2.73. The molecule has 138 valence electrons. The molecule has 0 saturated carbocycles. The topological polar surface area (TPSA) is 45.2 Å². The maximum absolute atomic E-state index is 13.8. The lowest BCUT2D eigenvalue weighted by molar-refractivity contribution is 0.0705. The maximum atomic E-state index is 13.8. The molecule has 1 N–H and O–H groups in total. The largest absolute Gasteiger partial charge is 0.339 e. The summed E-state index contributed by atoms with van der Waals surface area (Å²) in [6, 6.07) is 16.1. The van der Waals surface area contributed by atoms with Crippen LogP contribution in [0.2, 0.25) is 0 Å². The zero-order valence-corrected chi connectivity index (χ0v) is 15.3. The Morgan fingerprint density at radius 1 is 1.11 bits per heavy atom. The van der Waals surface area contributed by atoms with E-state index in [-0.39, 0.29) is 17.8 Å². The first-order chi connectivity index (χ1) is 13.1. The summed E-state index contributed by atoms with van der Waals surface area (Å²) < 4.78 is 13.8. The van der Waals surface area contributed by atoms with Crippen LogP contribution in [0.4, 0.5) is 4.39 Å². The molecule has 3 aromatic rings. The lowest BCUT2D eigenvalue weighted by Crippen LogP contribution is -2.44. The van der Waals surface area contributed by atoms with Crippen molar-refractivity contribution in [1.82, 2.24) is 15.2 Å². The number of hydrogen-bond donors (Lipinski definition) is 1. The van der Waals surface area contributed by atoms with Crippen molar-refractivity contribution in [2.24, 2.45) is 0 Å². The van der Waals surface area contributed by atoms with Crippen LogP contribution in [0.1, 0.15) is 23.2 Å². The van der Waals surface area contributed by atoms with E-state index in [0.29, 0.717) is 22.2 Å². The first kappa shape index (κ1) is 17.6. The van der Waals surface area contributed by atoms with Crippen LogP contribution in [-0.4, -0.2) is 42.0 Å². The van der Waals surface area contributed by atoms with E-state index >= 15 is 0 Å². The quantitative estimate of drug-likeness (QED) is 0.768. The summed E-state index contributed by atoms with van der Waals surface area (Å²) >= 11 is 0. The minimum Gasteiger partial charge on any atom is -0.339 e. The van der Waals surface area contributed by atoms with Gasteiger partial charge in [-0.25, -0.2) is 9.37 Å². The molecule has 1 aliphatic heterocycles. The second kappa shape index (κ2) is 7.45. The van der Waals surface area contributed by atoms with Gasteiger partial charge in [0, 0.05) is 30.1 Å². The monoisotopic (exact) mass is 363 g/mol. The van der Waals surface area contributed by atoms with Crippen molar-refractivity contribution in [1.29, 1.82) is 0 Å². The van der Waals surface area contributed by atoms with Crippen molar-refractivity contribution in [3.8, 4) is 11.3 Å². The van der Waals surface area contributed by atoms with Crippen molar-refractivity contribution in [3.63, 3.8) is 0 Å². The van der Waals surface area contributed by atoms with Gasteiger partial charge in [-0.3, -0.25) is 4.79 Å². The van der Waals surface area contributed by atoms with Gasteiger partial charge in [0.15, 0.2) is 0 Å². The molecule has 0 bridgehead atoms. The lowest BCUT2D eigenvalue weighted by atomic mass is 10.0. The summed E-state index contributed by atoms with van der Waals surface area (Å²) in [5.41, 5.74) is 2.65. The smallest absolute Gasteiger partial charge is 0.254 e. The highest BCUT2D eigenvalue weighted by molar-refractivity contribution is 6.07. The third-order valence-electron chi connectivity index (χ3n) is 5.25. The van der Waals surface area contributed by atoms with E-state index in [1.165, 1.54) is 12.1 Å². The standard InChI is InChI=1S/C22H22FN3O/c1-26(17-9-11-24-12-10-17)22(27)19-14-20(15-5-3-2-4-6-15)25-21-13-16(23)7-8-18(19)21/h2-8,13-14,17,24H,9-12H2,1H3. The molecule has 4 nitrogen and oxygen atoms in total. The summed E-state index contributed by atoms with van der Waals surface area (Å²) in [7, 11) is 1.86. The van der Waals surface area contributed by atoms with Crippen LogP contribution in [0.25, 0.3) is 22.2 Å². The van der Waals surface area contributed by atoms with Crippen molar-refractivity contribution >= 4 is 16.8 Å². The molecule has 27 heavy (non-hydrogen) atoms. The summed E-state index contributed by atoms with van der Waals surface area (Å²) in [6.45, 7) is 1.83. The SMILES string of the molecule is CN(C(=O)c1cc(-c2ccccc2)nc2cc(F)ccc12)C1CCNCC1. The molecule has 0 unspecified atom stereocenters. The predicted molar refractivity (Wildman–Crippen MR) is 105 cm³/mol. The van der Waals surface area contributed by atoms with E-state index < -0.39 is 0 Å². The molecule has 2 heterocycles. The van der Waals surface area contributed by atoms with Gasteiger partial charge in [-0.1, -0.05) is 30.3 Å². The fraction of sp³-hybridized carbons (Fsp3) is 0.273. The fourth-order valence-electron chi connectivity index (χ4n) is 3.69. The number of aromatic nitrogens is 1. The minimum absolute atomic E-state index is 0.0434. The Labute approximate surface area is 158 Å². The van der Waals surface area contributed by atoms with Gasteiger partial charge in [-0.15, -0.1) is 0 Å². The molecule has 5 heteroatoms. The molecule has 4 rings (SSSR count). The Balaban J connectivity index is 1.81. The van der Waals surface area contributed by atoms with Gasteiger partial charge in [0.1, 0.15) is 5.82 Å². The van der Waals surface area contributed by atoms with E-state index in [9.17, 15) is 9.18 Å². The number of piperidine rings is 1. The highest BCUT2D eigenvalue weighted by atomic mass is 19.1. The first-order valence-corrected chi connectivity index (χ1v) is 9.27. The molecule has 1 saturated heterocycles. The number of nitrogens with one attached hydrogen (secondary N) is 1. The summed E-state index contributed by atoms with van der Waals surface area (Å²) in [4.78, 5) is 19.7. The van der Waals surface area contributed by atoms with Crippen molar-refractivity contribution in [2.45, 2.75) is 18.9 Å². The number of halogens is 1. The van der Waals surface area contributed by atoms with Crippen LogP contribution in [0.15, 0.2) is 54.6 Å². The molecule has 0 spiro atoms. The molecule has 1 aromatic heterocycles. The number of amides is 1. The van der Waals surface area contributed by atoms with Gasteiger partial charge in [-0.2, -0.15) is 0 Å². The zero-order valence-electron chi connectivity index (χ0n) is 15.3. The van der Waals surface area contributed by atoms with E-state index in [2.05, 4.69) is 10.3 Å². The van der Waals surface area contributed by atoms with Gasteiger partial charge >= 0.3 is 0 Å². The Hall–Kier alpha value is -2.79. The second-order valence-corrected chi connectivity index (χ2v) is 6.98. The number of hydrogen-bond acceptors (Lipinski definition) is 3. The molecular formula is C22H22FN3O. The molecule has 0 atom stereocenters. The van der Waals surface area contributed by atoms with Gasteiger partial charge in [0.05, 0.1) is 16.8 Å². The molecular weight excluding hydrogens is 341 g/mol. The molecule has 2 aromatic carbocycles. The first-order valence-electron chi connectivity index (χ1n) is 9.27. The van der Waals surface area contributed by atoms with Gasteiger partial charge in [-0.05, 0) is 44.1 Å². The van der Waals surface area contributed by atoms with E-state index in [0.717, 1.165) is 31.5 Å². The average molecular weight is 363 g/mol. The summed E-state index contributed by atoms with van der Waals surface area (Å²) in [5.74, 6) is -0.400. The molecule has 1 amide bonds. The second-order valence-electron chi connectivity index (χ2n) is 6.98. The summed E-state index contributed by atoms with van der Waals surface area (Å²) in [6.07, 6.45) is 1.87. The van der Waals surface area contributed by atoms with Crippen LogP contribution in [-0.2, 0) is 0 Å². The number of nitrogens with zero attached hydrogens (tertiary/aromatic N) is 2. The number of carbonyl (C=O) groups excluding carboxylic acids is 1. The van der Waals surface area contributed by atoms with Crippen LogP contribution >= 0.6 is 0 Å². The van der Waals surface area contributed by atoms with Crippen molar-refractivity contribution in [3.05, 3.63) is 66.0 Å². The Bertz CT molecular complexity index is 968. The maximum Gasteiger partial charge on any atom is 0.254 e. The lowest BCUT2D eigenvalue weighted by Gasteiger charge is -2.32. The van der Waals surface area contributed by atoms with E-state index in [4.69, 9.17) is 0 Å². The number of fused-ring (bicyclic) bond motifs is 1. The van der Waals surface area contributed by atoms with E-state index in [1.54, 1.807) is 6.07 Å². The Morgan fingerprint density at radius 2 is 1.85 bits per heavy atom. The van der Waals surface area contributed by atoms with Crippen molar-refractivity contribution in [2.75, 3.05) is 20.1 Å². The van der Waals surface area contributed by atoms with Crippen LogP contribution < -0.4 is 5.32 Å². The van der Waals surface area contributed by atoms with Gasteiger partial charge in [0.2, 0.25) is 0 Å². The molecule has 1 fully saturated rings. The Morgan fingerprint density at radius 3 is 2.59 bits per heavy atom. The van der Waals surface area contributed by atoms with Crippen LogP contribution in [0, 0.1) is 5.82 Å². The normalized spacial score (nSPS) is 15.0. The number of rotatable bonds is 3. The third-order valence-corrected chi connectivity index (χ3v) is 5.25. The van der Waals surface area contributed by atoms with Crippen LogP contribution in [0.3, 0.4) is 0 Å². The van der Waals surface area contributed by atoms with Gasteiger partial charge < -0.3 is 10.2 Å². The molecule has 0 aliphatic carbocycles. The number of carbonyl (C=O) groups is 1. The molecule has 0 radical (unpaired) electrons. The highest BCUT2D eigenvalue weighted by Gasteiger charge is 2.25. The summed E-state index contributed by atoms with van der Waals surface area (Å²) in [5, 5.41) is 4.01. The van der Waals surface area contributed by atoms with E-state index in [1.807, 2.05) is 48.3 Å².